The second kappa shape index (κ2) is 7.90. The van der Waals surface area contributed by atoms with Crippen LogP contribution in [0.2, 0.25) is 0 Å². The number of ether oxygens (including phenoxy) is 1. The third-order valence-corrected chi connectivity index (χ3v) is 5.64. The van der Waals surface area contributed by atoms with Crippen LogP contribution in [0.3, 0.4) is 0 Å². The smallest absolute Gasteiger partial charge is 0.339 e. The number of fused-ring (bicyclic) bond motifs is 1. The summed E-state index contributed by atoms with van der Waals surface area (Å²) < 4.78 is 5.63. The van der Waals surface area contributed by atoms with E-state index in [1.165, 1.54) is 0 Å². The van der Waals surface area contributed by atoms with E-state index in [1.807, 2.05) is 73.8 Å². The average molecular weight is 388 g/mol. The number of thiazole rings is 1. The van der Waals surface area contributed by atoms with Gasteiger partial charge in [-0.25, -0.2) is 9.78 Å². The number of rotatable bonds is 5. The Hall–Kier alpha value is -3.05. The summed E-state index contributed by atoms with van der Waals surface area (Å²) in [7, 11) is 0. The monoisotopic (exact) mass is 388 g/mol. The third-order valence-electron chi connectivity index (χ3n) is 4.70. The highest BCUT2D eigenvalue weighted by atomic mass is 32.1. The summed E-state index contributed by atoms with van der Waals surface area (Å²) in [6.07, 6.45) is 0.767. The topological polar surface area (TPSA) is 52.1 Å². The number of nitrogens with zero attached hydrogens (tertiary/aromatic N) is 2. The predicted octanol–water partition coefficient (Wildman–Crippen LogP) is 5.59. The van der Waals surface area contributed by atoms with Crippen molar-refractivity contribution < 1.29 is 9.53 Å². The zero-order valence-electron chi connectivity index (χ0n) is 15.8. The Kier molecular flexibility index (Phi) is 5.17. The van der Waals surface area contributed by atoms with E-state index in [0.717, 1.165) is 44.8 Å². The maximum Gasteiger partial charge on any atom is 0.339 e. The highest BCUT2D eigenvalue weighted by Gasteiger charge is 2.19. The van der Waals surface area contributed by atoms with E-state index in [2.05, 4.69) is 9.97 Å². The first-order chi connectivity index (χ1) is 13.7. The van der Waals surface area contributed by atoms with Gasteiger partial charge in [0, 0.05) is 22.0 Å². The average Bonchev–Trinajstić information content (AvgIpc) is 3.21. The van der Waals surface area contributed by atoms with Crippen LogP contribution < -0.4 is 0 Å². The first-order valence-electron chi connectivity index (χ1n) is 9.22. The Bertz CT molecular complexity index is 1140. The van der Waals surface area contributed by atoms with Crippen molar-refractivity contribution in [3.63, 3.8) is 0 Å². The van der Waals surface area contributed by atoms with Crippen LogP contribution in [0.4, 0.5) is 0 Å². The van der Waals surface area contributed by atoms with Crippen molar-refractivity contribution in [3.8, 4) is 10.6 Å². The van der Waals surface area contributed by atoms with Gasteiger partial charge in [-0.05, 0) is 25.0 Å². The number of para-hydroxylation sites is 1. The van der Waals surface area contributed by atoms with Crippen molar-refractivity contribution in [1.82, 2.24) is 9.97 Å². The van der Waals surface area contributed by atoms with E-state index >= 15 is 0 Å². The van der Waals surface area contributed by atoms with Crippen molar-refractivity contribution in [2.24, 2.45) is 0 Å². The lowest BCUT2D eigenvalue weighted by Gasteiger charge is -2.12. The molecule has 0 saturated heterocycles. The molecule has 0 aliphatic rings. The van der Waals surface area contributed by atoms with Gasteiger partial charge in [-0.15, -0.1) is 11.3 Å². The Morgan fingerprint density at radius 2 is 1.79 bits per heavy atom. The van der Waals surface area contributed by atoms with Crippen LogP contribution in [0.15, 0.2) is 60.0 Å². The minimum Gasteiger partial charge on any atom is -0.456 e. The van der Waals surface area contributed by atoms with Crippen molar-refractivity contribution in [3.05, 3.63) is 82.5 Å². The Morgan fingerprint density at radius 3 is 2.57 bits per heavy atom. The second-order valence-corrected chi connectivity index (χ2v) is 7.37. The summed E-state index contributed by atoms with van der Waals surface area (Å²) in [5.74, 6) is -0.333. The Morgan fingerprint density at radius 1 is 1.04 bits per heavy atom. The molecule has 28 heavy (non-hydrogen) atoms. The number of hydrogen-bond donors (Lipinski definition) is 0. The minimum atomic E-state index is -0.333. The second-order valence-electron chi connectivity index (χ2n) is 6.52. The number of benzene rings is 2. The lowest BCUT2D eigenvalue weighted by Crippen LogP contribution is -2.11. The van der Waals surface area contributed by atoms with Crippen molar-refractivity contribution in [2.75, 3.05) is 0 Å². The number of esters is 1. The molecule has 0 unspecified atom stereocenters. The quantitative estimate of drug-likeness (QED) is 0.418. The molecular weight excluding hydrogens is 368 g/mol. The van der Waals surface area contributed by atoms with Crippen molar-refractivity contribution in [2.45, 2.75) is 26.9 Å². The summed E-state index contributed by atoms with van der Waals surface area (Å²) in [5, 5.41) is 3.68. The molecule has 0 aliphatic heterocycles. The van der Waals surface area contributed by atoms with Crippen LogP contribution in [0.1, 0.15) is 34.2 Å². The zero-order valence-corrected chi connectivity index (χ0v) is 16.6. The summed E-state index contributed by atoms with van der Waals surface area (Å²) in [4.78, 5) is 22.2. The van der Waals surface area contributed by atoms with E-state index in [4.69, 9.17) is 4.74 Å². The van der Waals surface area contributed by atoms with Gasteiger partial charge in [0.15, 0.2) is 0 Å². The number of carbonyl (C=O) groups is 1. The maximum atomic E-state index is 12.9. The lowest BCUT2D eigenvalue weighted by molar-refractivity contribution is 0.0470. The number of aryl methyl sites for hydroxylation is 1. The van der Waals surface area contributed by atoms with Crippen molar-refractivity contribution >= 4 is 28.2 Å². The fourth-order valence-corrected chi connectivity index (χ4v) is 4.07. The first-order valence-corrected chi connectivity index (χ1v) is 10.1. The first kappa shape index (κ1) is 18.3. The molecule has 0 saturated carbocycles. The number of aromatic nitrogens is 2. The van der Waals surface area contributed by atoms with Gasteiger partial charge in [0.05, 0.1) is 16.8 Å². The van der Waals surface area contributed by atoms with Gasteiger partial charge in [0.2, 0.25) is 0 Å². The van der Waals surface area contributed by atoms with E-state index in [9.17, 15) is 4.79 Å². The molecule has 0 atom stereocenters. The largest absolute Gasteiger partial charge is 0.456 e. The molecule has 4 nitrogen and oxygen atoms in total. The molecule has 0 aliphatic carbocycles. The van der Waals surface area contributed by atoms with Gasteiger partial charge in [0.1, 0.15) is 11.6 Å². The van der Waals surface area contributed by atoms with Gasteiger partial charge >= 0.3 is 5.97 Å². The van der Waals surface area contributed by atoms with Crippen LogP contribution in [0.5, 0.6) is 0 Å². The summed E-state index contributed by atoms with van der Waals surface area (Å²) >= 11 is 1.55. The standard InChI is InChI=1S/C23H20N2O2S/c1-3-19-15(2)21(18-11-7-8-12-20(18)25-19)23(26)27-13-17-14-28-22(24-17)16-9-5-4-6-10-16/h4-12,14H,3,13H2,1-2H3. The highest BCUT2D eigenvalue weighted by Crippen LogP contribution is 2.26. The molecule has 0 spiro atoms. The SMILES string of the molecule is CCc1nc2ccccc2c(C(=O)OCc2csc(-c3ccccc3)n2)c1C. The van der Waals surface area contributed by atoms with Crippen LogP contribution in [0, 0.1) is 6.92 Å². The fourth-order valence-electron chi connectivity index (χ4n) is 3.26. The van der Waals surface area contributed by atoms with Gasteiger partial charge < -0.3 is 4.74 Å². The molecule has 4 aromatic rings. The summed E-state index contributed by atoms with van der Waals surface area (Å²) in [5.41, 5.74) is 5.04. The molecule has 0 N–H and O–H groups in total. The minimum absolute atomic E-state index is 0.152. The number of carbonyl (C=O) groups excluding carboxylic acids is 1. The Labute approximate surface area is 167 Å². The molecule has 0 amide bonds. The van der Waals surface area contributed by atoms with E-state index in [-0.39, 0.29) is 12.6 Å². The molecule has 140 valence electrons. The maximum absolute atomic E-state index is 12.9. The lowest BCUT2D eigenvalue weighted by atomic mass is 10.0. The number of hydrogen-bond acceptors (Lipinski definition) is 5. The molecular formula is C23H20N2O2S. The fraction of sp³-hybridized carbons (Fsp3) is 0.174. The molecule has 2 aromatic heterocycles. The highest BCUT2D eigenvalue weighted by molar-refractivity contribution is 7.13. The third kappa shape index (κ3) is 3.53. The molecule has 0 fully saturated rings. The molecule has 2 aromatic carbocycles. The van der Waals surface area contributed by atoms with Crippen LogP contribution in [-0.4, -0.2) is 15.9 Å². The zero-order chi connectivity index (χ0) is 19.5. The Balaban J connectivity index is 1.58. The number of pyridine rings is 1. The van der Waals surface area contributed by atoms with Gasteiger partial charge in [-0.1, -0.05) is 55.5 Å². The summed E-state index contributed by atoms with van der Waals surface area (Å²) in [6, 6.07) is 17.7. The van der Waals surface area contributed by atoms with E-state index in [0.29, 0.717) is 5.56 Å². The van der Waals surface area contributed by atoms with Crippen LogP contribution >= 0.6 is 11.3 Å². The van der Waals surface area contributed by atoms with Gasteiger partial charge in [0.25, 0.3) is 0 Å². The van der Waals surface area contributed by atoms with Crippen molar-refractivity contribution in [1.29, 1.82) is 0 Å². The molecule has 5 heteroatoms. The van der Waals surface area contributed by atoms with Gasteiger partial charge in [-0.3, -0.25) is 4.98 Å². The predicted molar refractivity (Wildman–Crippen MR) is 113 cm³/mol. The molecule has 0 radical (unpaired) electrons. The normalized spacial score (nSPS) is 10.9. The van der Waals surface area contributed by atoms with Gasteiger partial charge in [-0.2, -0.15) is 0 Å². The molecule has 0 bridgehead atoms. The van der Waals surface area contributed by atoms with Crippen LogP contribution in [0.25, 0.3) is 21.5 Å². The van der Waals surface area contributed by atoms with E-state index in [1.54, 1.807) is 11.3 Å². The molecule has 4 rings (SSSR count). The van der Waals surface area contributed by atoms with E-state index < -0.39 is 0 Å². The molecule has 2 heterocycles. The van der Waals surface area contributed by atoms with Crippen LogP contribution in [-0.2, 0) is 17.8 Å². The summed E-state index contributed by atoms with van der Waals surface area (Å²) in [6.45, 7) is 4.13.